The van der Waals surface area contributed by atoms with Crippen molar-refractivity contribution in [2.24, 2.45) is 0 Å². The first-order valence-corrected chi connectivity index (χ1v) is 18.9. The maximum Gasteiger partial charge on any atom is 0.410 e. The second-order valence-corrected chi connectivity index (χ2v) is 16.4. The van der Waals surface area contributed by atoms with Crippen molar-refractivity contribution in [2.75, 3.05) is 38.3 Å². The Balaban J connectivity index is 1.21. The fourth-order valence-electron chi connectivity index (χ4n) is 9.71. The molecule has 9 rings (SSSR count). The highest BCUT2D eigenvalue weighted by Crippen LogP contribution is 2.48. The second kappa shape index (κ2) is 12.7. The van der Waals surface area contributed by atoms with E-state index in [-0.39, 0.29) is 59.6 Å². The molecule has 55 heavy (non-hydrogen) atoms. The fourth-order valence-corrected chi connectivity index (χ4v) is 9.71. The molecule has 7 heterocycles. The fraction of sp³-hybridized carbons (Fsp3) is 0.476. The van der Waals surface area contributed by atoms with E-state index in [1.807, 2.05) is 32.6 Å². The van der Waals surface area contributed by atoms with Gasteiger partial charge in [0.15, 0.2) is 5.82 Å². The topological polar surface area (TPSA) is 102 Å². The van der Waals surface area contributed by atoms with Crippen molar-refractivity contribution < 1.29 is 32.5 Å². The number of benzene rings is 2. The minimum Gasteiger partial charge on any atom is -0.472 e. The molecular weight excluding hydrogens is 706 g/mol. The summed E-state index contributed by atoms with van der Waals surface area (Å²) in [5.74, 6) is 1.65. The van der Waals surface area contributed by atoms with E-state index in [1.165, 1.54) is 6.07 Å². The molecule has 4 saturated heterocycles. The number of piperazine rings is 1. The SMILES string of the molecule is C#Cc1c(F)ccc2cccc(-c3nc4c5c(nc(OCC67C[C@@H](OC)CN6CCC7=C)nc5c3F)N3C[C@H]5CC[C@@H]([C@H]3[C@H](C)O4)N5C(=O)OC(C)(C)C)c12. The summed E-state index contributed by atoms with van der Waals surface area (Å²) in [6, 6.07) is 7.25. The number of halogens is 2. The molecule has 4 fully saturated rings. The van der Waals surface area contributed by atoms with Gasteiger partial charge in [-0.25, -0.2) is 18.6 Å². The number of nitrogens with zero attached hydrogens (tertiary/aromatic N) is 6. The molecule has 0 saturated carbocycles. The number of rotatable bonds is 5. The summed E-state index contributed by atoms with van der Waals surface area (Å²) < 4.78 is 57.5. The van der Waals surface area contributed by atoms with Crippen molar-refractivity contribution in [3.8, 4) is 35.5 Å². The van der Waals surface area contributed by atoms with Gasteiger partial charge in [0.25, 0.3) is 0 Å². The van der Waals surface area contributed by atoms with Crippen LogP contribution in [-0.2, 0) is 9.47 Å². The third kappa shape index (κ3) is 5.51. The molecule has 5 aliphatic rings. The molecule has 5 aliphatic heterocycles. The molecule has 2 aromatic heterocycles. The number of aromatic nitrogens is 3. The first-order valence-electron chi connectivity index (χ1n) is 18.9. The van der Waals surface area contributed by atoms with Crippen molar-refractivity contribution in [2.45, 2.75) is 94.9 Å². The Morgan fingerprint density at radius 2 is 1.95 bits per heavy atom. The zero-order valence-corrected chi connectivity index (χ0v) is 31.7. The number of fused-ring (bicyclic) bond motifs is 7. The minimum atomic E-state index is -0.748. The summed E-state index contributed by atoms with van der Waals surface area (Å²) in [4.78, 5) is 34.6. The molecule has 11 nitrogen and oxygen atoms in total. The van der Waals surface area contributed by atoms with Crippen molar-refractivity contribution in [3.63, 3.8) is 0 Å². The standard InChI is InChI=1S/C42H44F2N6O5/c1-8-27-29(43)14-12-24-10-9-11-28(31(24)27)34-33(44)35-32-37(47-39(46-35)53-21-42-18-26(52-7)20-48(42)17-16-22(42)2)49-19-25-13-15-30(36(49)23(3)54-38(32)45-34)50(25)40(51)55-41(4,5)6/h1,9-12,14,23,25-26,30,36H,2,13,15-21H2,3-7H3/t23-,25+,26+,30-,36+,42?/m0/s1. The van der Waals surface area contributed by atoms with Gasteiger partial charge >= 0.3 is 12.1 Å². The quantitative estimate of drug-likeness (QED) is 0.163. The molecule has 0 radical (unpaired) electrons. The maximum absolute atomic E-state index is 17.4. The Hall–Kier alpha value is -5.06. The second-order valence-electron chi connectivity index (χ2n) is 16.4. The molecule has 0 aliphatic carbocycles. The van der Waals surface area contributed by atoms with E-state index >= 15 is 8.78 Å². The van der Waals surface area contributed by atoms with Crippen LogP contribution in [0.15, 0.2) is 42.5 Å². The molecule has 6 atom stereocenters. The van der Waals surface area contributed by atoms with Crippen LogP contribution < -0.4 is 14.4 Å². The highest BCUT2D eigenvalue weighted by atomic mass is 19.1. The number of carbonyl (C=O) groups is 1. The number of anilines is 1. The Labute approximate surface area is 318 Å². The van der Waals surface area contributed by atoms with Gasteiger partial charge in [-0.05, 0) is 58.4 Å². The van der Waals surface area contributed by atoms with Crippen molar-refractivity contribution in [3.05, 3.63) is 59.7 Å². The zero-order chi connectivity index (χ0) is 38.6. The van der Waals surface area contributed by atoms with Crippen molar-refractivity contribution >= 4 is 33.6 Å². The third-order valence-electron chi connectivity index (χ3n) is 12.2. The lowest BCUT2D eigenvalue weighted by Crippen LogP contribution is -2.65. The van der Waals surface area contributed by atoms with Crippen LogP contribution >= 0.6 is 0 Å². The van der Waals surface area contributed by atoms with E-state index < -0.39 is 34.9 Å². The molecule has 2 aromatic carbocycles. The number of pyridine rings is 1. The van der Waals surface area contributed by atoms with E-state index in [4.69, 9.17) is 40.3 Å². The largest absolute Gasteiger partial charge is 0.472 e. The predicted molar refractivity (Wildman–Crippen MR) is 203 cm³/mol. The van der Waals surface area contributed by atoms with Crippen LogP contribution in [0.5, 0.6) is 11.9 Å². The number of ether oxygens (including phenoxy) is 4. The van der Waals surface area contributed by atoms with Crippen LogP contribution in [-0.4, -0.2) is 106 Å². The zero-order valence-electron chi connectivity index (χ0n) is 31.7. The number of terminal acetylenes is 1. The van der Waals surface area contributed by atoms with E-state index in [1.54, 1.807) is 31.4 Å². The average molecular weight is 751 g/mol. The van der Waals surface area contributed by atoms with Gasteiger partial charge in [-0.15, -0.1) is 6.42 Å². The first kappa shape index (κ1) is 35.6. The van der Waals surface area contributed by atoms with Gasteiger partial charge in [-0.3, -0.25) is 9.80 Å². The van der Waals surface area contributed by atoms with Gasteiger partial charge in [0, 0.05) is 44.1 Å². The first-order chi connectivity index (χ1) is 26.3. The lowest BCUT2D eigenvalue weighted by atomic mass is 9.90. The van der Waals surface area contributed by atoms with Crippen molar-refractivity contribution in [1.82, 2.24) is 24.8 Å². The van der Waals surface area contributed by atoms with E-state index in [2.05, 4.69) is 22.3 Å². The molecule has 2 bridgehead atoms. The van der Waals surface area contributed by atoms with Gasteiger partial charge in [0.1, 0.15) is 46.5 Å². The maximum atomic E-state index is 17.4. The number of hydrogen-bond donors (Lipinski definition) is 0. The summed E-state index contributed by atoms with van der Waals surface area (Å²) in [5, 5.41) is 1.27. The van der Waals surface area contributed by atoms with Crippen LogP contribution in [0.3, 0.4) is 0 Å². The molecule has 0 N–H and O–H groups in total. The number of carbonyl (C=O) groups excluding carboxylic acids is 1. The highest BCUT2D eigenvalue weighted by Gasteiger charge is 2.55. The highest BCUT2D eigenvalue weighted by molar-refractivity contribution is 6.03. The lowest BCUT2D eigenvalue weighted by molar-refractivity contribution is 0.000937. The molecule has 1 unspecified atom stereocenters. The number of hydrogen-bond acceptors (Lipinski definition) is 10. The summed E-state index contributed by atoms with van der Waals surface area (Å²) in [6.07, 6.45) is 7.95. The molecule has 13 heteroatoms. The molecule has 286 valence electrons. The van der Waals surface area contributed by atoms with Gasteiger partial charge in [-0.1, -0.05) is 42.3 Å². The van der Waals surface area contributed by atoms with E-state index in [0.29, 0.717) is 40.5 Å². The Morgan fingerprint density at radius 1 is 1.13 bits per heavy atom. The monoisotopic (exact) mass is 750 g/mol. The molecule has 4 aromatic rings. The van der Waals surface area contributed by atoms with Gasteiger partial charge in [-0.2, -0.15) is 9.97 Å². The van der Waals surface area contributed by atoms with Crippen LogP contribution in [0.25, 0.3) is 32.9 Å². The Morgan fingerprint density at radius 3 is 2.71 bits per heavy atom. The Bertz CT molecular complexity index is 2320. The van der Waals surface area contributed by atoms with Crippen LogP contribution in [0.4, 0.5) is 19.4 Å². The van der Waals surface area contributed by atoms with Crippen molar-refractivity contribution in [1.29, 1.82) is 0 Å². The molecule has 1 amide bonds. The van der Waals surface area contributed by atoms with Crippen LogP contribution in [0.1, 0.15) is 58.9 Å². The normalized spacial score (nSPS) is 27.2. The Kier molecular flexibility index (Phi) is 8.26. The average Bonchev–Trinajstić information content (AvgIpc) is 3.75. The van der Waals surface area contributed by atoms with Crippen LogP contribution in [0, 0.1) is 24.0 Å². The van der Waals surface area contributed by atoms with Gasteiger partial charge in [0.05, 0.1) is 35.3 Å². The van der Waals surface area contributed by atoms with Gasteiger partial charge in [0.2, 0.25) is 5.88 Å². The van der Waals surface area contributed by atoms with E-state index in [9.17, 15) is 4.79 Å². The molecule has 0 spiro atoms. The summed E-state index contributed by atoms with van der Waals surface area (Å²) >= 11 is 0. The number of methoxy groups -OCH3 is 1. The van der Waals surface area contributed by atoms with Gasteiger partial charge < -0.3 is 23.8 Å². The molecular formula is C42H44F2N6O5. The third-order valence-corrected chi connectivity index (χ3v) is 12.2. The summed E-state index contributed by atoms with van der Waals surface area (Å²) in [5.41, 5.74) is 0.0554. The van der Waals surface area contributed by atoms with E-state index in [0.717, 1.165) is 37.9 Å². The minimum absolute atomic E-state index is 0.00358. The number of amides is 1. The smallest absolute Gasteiger partial charge is 0.410 e. The predicted octanol–water partition coefficient (Wildman–Crippen LogP) is 6.64. The summed E-state index contributed by atoms with van der Waals surface area (Å²) in [7, 11) is 1.71. The lowest BCUT2D eigenvalue weighted by Gasteiger charge is -2.48. The van der Waals surface area contributed by atoms with Crippen LogP contribution in [0.2, 0.25) is 0 Å². The summed E-state index contributed by atoms with van der Waals surface area (Å²) in [6.45, 7) is 14.1.